The molecule has 0 aliphatic carbocycles. The van der Waals surface area contributed by atoms with Crippen LogP contribution < -0.4 is 5.32 Å². The van der Waals surface area contributed by atoms with Crippen LogP contribution in [0.5, 0.6) is 0 Å². The molecule has 5 heteroatoms. The van der Waals surface area contributed by atoms with E-state index in [-0.39, 0.29) is 6.04 Å². The van der Waals surface area contributed by atoms with Crippen molar-refractivity contribution in [3.63, 3.8) is 0 Å². The highest BCUT2D eigenvalue weighted by Gasteiger charge is 2.17. The minimum absolute atomic E-state index is 0.0732. The van der Waals surface area contributed by atoms with E-state index in [0.717, 1.165) is 24.5 Å². The zero-order chi connectivity index (χ0) is 11.4. The van der Waals surface area contributed by atoms with E-state index >= 15 is 0 Å². The van der Waals surface area contributed by atoms with E-state index in [2.05, 4.69) is 32.0 Å². The average Bonchev–Trinajstić information content (AvgIpc) is 2.92. The minimum atomic E-state index is 0.0732. The van der Waals surface area contributed by atoms with Crippen molar-refractivity contribution in [3.8, 4) is 0 Å². The van der Waals surface area contributed by atoms with Gasteiger partial charge in [0, 0.05) is 25.1 Å². The first-order valence-electron chi connectivity index (χ1n) is 5.54. The standard InChI is InChI=1S/C11H17N5/c1-3-7-16-8-6-13-11(16)10(12-2)9-4-5-14-15-9/h4-6,8,10,12H,3,7H2,1-2H3,(H,14,15). The molecule has 86 valence electrons. The van der Waals surface area contributed by atoms with Gasteiger partial charge in [0.25, 0.3) is 0 Å². The summed E-state index contributed by atoms with van der Waals surface area (Å²) >= 11 is 0. The third-order valence-corrected chi connectivity index (χ3v) is 2.59. The highest BCUT2D eigenvalue weighted by Crippen LogP contribution is 2.18. The Balaban J connectivity index is 2.30. The summed E-state index contributed by atoms with van der Waals surface area (Å²) in [6, 6.07) is 2.04. The Morgan fingerprint density at radius 2 is 2.38 bits per heavy atom. The first-order valence-corrected chi connectivity index (χ1v) is 5.54. The molecule has 2 N–H and O–H groups in total. The monoisotopic (exact) mass is 219 g/mol. The van der Waals surface area contributed by atoms with Gasteiger partial charge in [-0.1, -0.05) is 6.92 Å². The maximum Gasteiger partial charge on any atom is 0.132 e. The predicted molar refractivity (Wildman–Crippen MR) is 62.0 cm³/mol. The molecule has 2 rings (SSSR count). The van der Waals surface area contributed by atoms with Crippen molar-refractivity contribution in [1.82, 2.24) is 25.1 Å². The van der Waals surface area contributed by atoms with Crippen LogP contribution in [0.1, 0.15) is 30.9 Å². The van der Waals surface area contributed by atoms with Gasteiger partial charge in [-0.3, -0.25) is 5.10 Å². The van der Waals surface area contributed by atoms with Crippen molar-refractivity contribution in [1.29, 1.82) is 0 Å². The molecule has 0 saturated carbocycles. The number of hydrogen-bond acceptors (Lipinski definition) is 3. The van der Waals surface area contributed by atoms with Crippen molar-refractivity contribution in [2.45, 2.75) is 25.9 Å². The second kappa shape index (κ2) is 4.94. The van der Waals surface area contributed by atoms with Gasteiger partial charge in [-0.2, -0.15) is 5.10 Å². The molecule has 1 atom stereocenters. The van der Waals surface area contributed by atoms with Crippen LogP contribution in [0.3, 0.4) is 0 Å². The number of rotatable bonds is 5. The van der Waals surface area contributed by atoms with Gasteiger partial charge in [0.15, 0.2) is 0 Å². The van der Waals surface area contributed by atoms with Crippen LogP contribution in [0.25, 0.3) is 0 Å². The largest absolute Gasteiger partial charge is 0.333 e. The second-order valence-corrected chi connectivity index (χ2v) is 3.71. The number of aromatic amines is 1. The van der Waals surface area contributed by atoms with Crippen LogP contribution in [0.4, 0.5) is 0 Å². The fraction of sp³-hybridized carbons (Fsp3) is 0.455. The van der Waals surface area contributed by atoms with E-state index in [4.69, 9.17) is 0 Å². The number of nitrogens with zero attached hydrogens (tertiary/aromatic N) is 3. The quantitative estimate of drug-likeness (QED) is 0.797. The van der Waals surface area contributed by atoms with Crippen LogP contribution in [-0.4, -0.2) is 26.8 Å². The number of H-pyrrole nitrogens is 1. The molecule has 2 aromatic heterocycles. The van der Waals surface area contributed by atoms with Crippen LogP contribution in [0.15, 0.2) is 24.7 Å². The Labute approximate surface area is 94.9 Å². The molecule has 5 nitrogen and oxygen atoms in total. The Kier molecular flexibility index (Phi) is 3.36. The lowest BCUT2D eigenvalue weighted by atomic mass is 10.2. The van der Waals surface area contributed by atoms with Crippen molar-refractivity contribution in [2.24, 2.45) is 0 Å². The molecule has 2 heterocycles. The minimum Gasteiger partial charge on any atom is -0.333 e. The van der Waals surface area contributed by atoms with E-state index in [9.17, 15) is 0 Å². The third kappa shape index (κ3) is 1.99. The maximum absolute atomic E-state index is 4.41. The summed E-state index contributed by atoms with van der Waals surface area (Å²) in [5.74, 6) is 1.02. The van der Waals surface area contributed by atoms with E-state index < -0.39 is 0 Å². The van der Waals surface area contributed by atoms with Crippen molar-refractivity contribution >= 4 is 0 Å². The topological polar surface area (TPSA) is 58.5 Å². The van der Waals surface area contributed by atoms with Gasteiger partial charge in [-0.05, 0) is 19.5 Å². The van der Waals surface area contributed by atoms with E-state index in [1.807, 2.05) is 25.5 Å². The summed E-state index contributed by atoms with van der Waals surface area (Å²) in [4.78, 5) is 4.41. The smallest absolute Gasteiger partial charge is 0.132 e. The molecule has 0 aliphatic heterocycles. The van der Waals surface area contributed by atoms with E-state index in [1.54, 1.807) is 6.20 Å². The van der Waals surface area contributed by atoms with Gasteiger partial charge in [-0.25, -0.2) is 4.98 Å². The Morgan fingerprint density at radius 1 is 1.50 bits per heavy atom. The Bertz CT molecular complexity index is 417. The summed E-state index contributed by atoms with van der Waals surface area (Å²) in [6.45, 7) is 3.15. The zero-order valence-electron chi connectivity index (χ0n) is 9.64. The molecule has 1 unspecified atom stereocenters. The van der Waals surface area contributed by atoms with Gasteiger partial charge < -0.3 is 9.88 Å². The summed E-state index contributed by atoms with van der Waals surface area (Å²) in [6.07, 6.45) is 6.71. The molecular weight excluding hydrogens is 202 g/mol. The highest BCUT2D eigenvalue weighted by molar-refractivity contribution is 5.16. The fourth-order valence-electron chi connectivity index (χ4n) is 1.86. The Hall–Kier alpha value is -1.62. The number of aromatic nitrogens is 4. The van der Waals surface area contributed by atoms with Crippen LogP contribution >= 0.6 is 0 Å². The fourth-order valence-corrected chi connectivity index (χ4v) is 1.86. The number of imidazole rings is 1. The number of aryl methyl sites for hydroxylation is 1. The zero-order valence-corrected chi connectivity index (χ0v) is 9.64. The lowest BCUT2D eigenvalue weighted by Gasteiger charge is -2.15. The van der Waals surface area contributed by atoms with Crippen LogP contribution in [0, 0.1) is 0 Å². The summed E-state index contributed by atoms with van der Waals surface area (Å²) < 4.78 is 2.17. The van der Waals surface area contributed by atoms with Gasteiger partial charge in [-0.15, -0.1) is 0 Å². The lowest BCUT2D eigenvalue weighted by Crippen LogP contribution is -2.22. The highest BCUT2D eigenvalue weighted by atomic mass is 15.2. The van der Waals surface area contributed by atoms with E-state index in [0.29, 0.717) is 0 Å². The SMILES string of the molecule is CCCn1ccnc1C(NC)c1ccn[nH]1. The molecule has 16 heavy (non-hydrogen) atoms. The first-order chi connectivity index (χ1) is 7.86. The predicted octanol–water partition coefficient (Wildman–Crippen LogP) is 1.32. The molecule has 0 radical (unpaired) electrons. The van der Waals surface area contributed by atoms with Crippen molar-refractivity contribution in [2.75, 3.05) is 7.05 Å². The van der Waals surface area contributed by atoms with Crippen LogP contribution in [0.2, 0.25) is 0 Å². The first kappa shape index (κ1) is 10.9. The Morgan fingerprint density at radius 3 is 3.00 bits per heavy atom. The maximum atomic E-state index is 4.41. The molecule has 0 fully saturated rings. The molecule has 0 aliphatic rings. The molecule has 0 amide bonds. The molecule has 0 aromatic carbocycles. The number of hydrogen-bond donors (Lipinski definition) is 2. The normalized spacial score (nSPS) is 12.9. The van der Waals surface area contributed by atoms with Crippen molar-refractivity contribution < 1.29 is 0 Å². The van der Waals surface area contributed by atoms with Gasteiger partial charge in [0.05, 0.1) is 5.69 Å². The van der Waals surface area contributed by atoms with E-state index in [1.165, 1.54) is 0 Å². The summed E-state index contributed by atoms with van der Waals surface area (Å²) in [7, 11) is 1.93. The molecular formula is C11H17N5. The molecule has 0 bridgehead atoms. The van der Waals surface area contributed by atoms with Gasteiger partial charge >= 0.3 is 0 Å². The van der Waals surface area contributed by atoms with Crippen LogP contribution in [-0.2, 0) is 6.54 Å². The lowest BCUT2D eigenvalue weighted by molar-refractivity contribution is 0.558. The molecule has 2 aromatic rings. The molecule has 0 saturated heterocycles. The van der Waals surface area contributed by atoms with Gasteiger partial charge in [0.1, 0.15) is 11.9 Å². The summed E-state index contributed by atoms with van der Waals surface area (Å²) in [5.41, 5.74) is 1.03. The number of nitrogens with one attached hydrogen (secondary N) is 2. The van der Waals surface area contributed by atoms with Crippen molar-refractivity contribution in [3.05, 3.63) is 36.2 Å². The average molecular weight is 219 g/mol. The summed E-state index contributed by atoms with van der Waals surface area (Å²) in [5, 5.41) is 10.2. The second-order valence-electron chi connectivity index (χ2n) is 3.71. The third-order valence-electron chi connectivity index (χ3n) is 2.59. The molecule has 0 spiro atoms. The van der Waals surface area contributed by atoms with Gasteiger partial charge in [0.2, 0.25) is 0 Å².